The molecule has 5 heteroatoms. The van der Waals surface area contributed by atoms with Gasteiger partial charge in [0, 0.05) is 12.8 Å². The second-order valence-corrected chi connectivity index (χ2v) is 3.81. The maximum atomic E-state index is 11.7. The lowest BCUT2D eigenvalue weighted by atomic mass is 9.97. The first kappa shape index (κ1) is 11.3. The Labute approximate surface area is 97.8 Å². The van der Waals surface area contributed by atoms with Crippen LogP contribution < -0.4 is 10.1 Å². The molecule has 1 N–H and O–H groups in total. The summed E-state index contributed by atoms with van der Waals surface area (Å²) in [6.45, 7) is 0. The minimum atomic E-state index is -0.684. The fourth-order valence-corrected chi connectivity index (χ4v) is 1.63. The molecule has 5 nitrogen and oxygen atoms in total. The van der Waals surface area contributed by atoms with Crippen LogP contribution in [0.3, 0.4) is 0 Å². The molecule has 0 saturated carbocycles. The summed E-state index contributed by atoms with van der Waals surface area (Å²) in [6, 6.07) is 8.56. The summed E-state index contributed by atoms with van der Waals surface area (Å²) in [4.78, 5) is 33.9. The van der Waals surface area contributed by atoms with Crippen LogP contribution in [0.1, 0.15) is 12.8 Å². The number of rotatable bonds is 2. The maximum Gasteiger partial charge on any atom is 0.315 e. The summed E-state index contributed by atoms with van der Waals surface area (Å²) in [7, 11) is 0. The number of amides is 2. The zero-order valence-corrected chi connectivity index (χ0v) is 9.01. The van der Waals surface area contributed by atoms with Crippen molar-refractivity contribution in [2.75, 3.05) is 0 Å². The van der Waals surface area contributed by atoms with Crippen molar-refractivity contribution < 1.29 is 19.1 Å². The average molecular weight is 233 g/mol. The van der Waals surface area contributed by atoms with Crippen LogP contribution in [0.2, 0.25) is 0 Å². The van der Waals surface area contributed by atoms with Gasteiger partial charge in [-0.15, -0.1) is 0 Å². The van der Waals surface area contributed by atoms with E-state index in [1.807, 2.05) is 0 Å². The lowest BCUT2D eigenvalue weighted by Gasteiger charge is -2.19. The third kappa shape index (κ3) is 2.90. The van der Waals surface area contributed by atoms with E-state index in [9.17, 15) is 14.4 Å². The molecule has 0 bridgehead atoms. The van der Waals surface area contributed by atoms with Gasteiger partial charge >= 0.3 is 5.97 Å². The highest BCUT2D eigenvalue weighted by Crippen LogP contribution is 2.18. The fraction of sp³-hybridized carbons (Fsp3) is 0.250. The lowest BCUT2D eigenvalue weighted by Crippen LogP contribution is -2.42. The normalized spacial score (nSPS) is 16.5. The highest BCUT2D eigenvalue weighted by molar-refractivity contribution is 6.01. The van der Waals surface area contributed by atoms with Gasteiger partial charge in [0.25, 0.3) is 0 Å². The SMILES string of the molecule is O=C1CC(C(=O)Oc2ccccc2)CC(=O)N1. The van der Waals surface area contributed by atoms with Gasteiger partial charge in [0.2, 0.25) is 11.8 Å². The van der Waals surface area contributed by atoms with Gasteiger partial charge in [0.1, 0.15) is 5.75 Å². The molecule has 17 heavy (non-hydrogen) atoms. The van der Waals surface area contributed by atoms with Gasteiger partial charge in [-0.05, 0) is 12.1 Å². The Kier molecular flexibility index (Phi) is 3.18. The summed E-state index contributed by atoms with van der Waals surface area (Å²) >= 11 is 0. The molecule has 0 unspecified atom stereocenters. The Morgan fingerprint density at radius 2 is 1.71 bits per heavy atom. The van der Waals surface area contributed by atoms with Crippen molar-refractivity contribution in [1.29, 1.82) is 0 Å². The molecule has 0 aromatic heterocycles. The van der Waals surface area contributed by atoms with E-state index in [1.54, 1.807) is 30.3 Å². The smallest absolute Gasteiger partial charge is 0.315 e. The second-order valence-electron chi connectivity index (χ2n) is 3.81. The van der Waals surface area contributed by atoms with Gasteiger partial charge in [0.05, 0.1) is 5.92 Å². The largest absolute Gasteiger partial charge is 0.426 e. The first-order valence-corrected chi connectivity index (χ1v) is 5.24. The number of carbonyl (C=O) groups is 3. The molecule has 2 amide bonds. The molecule has 1 aromatic carbocycles. The van der Waals surface area contributed by atoms with Crippen LogP contribution >= 0.6 is 0 Å². The van der Waals surface area contributed by atoms with Crippen LogP contribution in [0.25, 0.3) is 0 Å². The van der Waals surface area contributed by atoms with Crippen LogP contribution in [0, 0.1) is 5.92 Å². The first-order chi connectivity index (χ1) is 8.15. The number of benzene rings is 1. The molecule has 0 spiro atoms. The Morgan fingerprint density at radius 1 is 1.12 bits per heavy atom. The van der Waals surface area contributed by atoms with Crippen LogP contribution in [0.5, 0.6) is 5.75 Å². The van der Waals surface area contributed by atoms with Crippen molar-refractivity contribution in [3.05, 3.63) is 30.3 Å². The van der Waals surface area contributed by atoms with Crippen LogP contribution in [0.15, 0.2) is 30.3 Å². The third-order valence-electron chi connectivity index (χ3n) is 2.44. The molecular formula is C12H11NO4. The molecule has 0 atom stereocenters. The lowest BCUT2D eigenvalue weighted by molar-refractivity contribution is -0.147. The van der Waals surface area contributed by atoms with Gasteiger partial charge < -0.3 is 4.74 Å². The van der Waals surface area contributed by atoms with Crippen molar-refractivity contribution >= 4 is 17.8 Å². The Balaban J connectivity index is 2.00. The predicted octanol–water partition coefficient (Wildman–Crippen LogP) is 0.645. The number of imide groups is 1. The number of hydrogen-bond acceptors (Lipinski definition) is 4. The average Bonchev–Trinajstić information content (AvgIpc) is 2.29. The Morgan fingerprint density at radius 3 is 2.29 bits per heavy atom. The van der Waals surface area contributed by atoms with Gasteiger partial charge in [0.15, 0.2) is 0 Å². The zero-order chi connectivity index (χ0) is 12.3. The topological polar surface area (TPSA) is 72.5 Å². The highest BCUT2D eigenvalue weighted by atomic mass is 16.5. The summed E-state index contributed by atoms with van der Waals surface area (Å²) < 4.78 is 5.08. The number of hydrogen-bond donors (Lipinski definition) is 1. The summed E-state index contributed by atoms with van der Waals surface area (Å²) in [5, 5.41) is 2.14. The van der Waals surface area contributed by atoms with E-state index in [0.29, 0.717) is 5.75 Å². The van der Waals surface area contributed by atoms with Crippen molar-refractivity contribution in [1.82, 2.24) is 5.32 Å². The molecule has 0 radical (unpaired) electrons. The summed E-state index contributed by atoms with van der Waals surface area (Å²) in [6.07, 6.45) is -0.00515. The van der Waals surface area contributed by atoms with Crippen molar-refractivity contribution in [2.45, 2.75) is 12.8 Å². The Bertz CT molecular complexity index is 439. The van der Waals surface area contributed by atoms with E-state index in [0.717, 1.165) is 0 Å². The van der Waals surface area contributed by atoms with Gasteiger partial charge in [-0.25, -0.2) is 0 Å². The molecule has 1 fully saturated rings. The van der Waals surface area contributed by atoms with Gasteiger partial charge in [-0.2, -0.15) is 0 Å². The van der Waals surface area contributed by atoms with E-state index in [1.165, 1.54) is 0 Å². The molecule has 1 heterocycles. The molecule has 1 aliphatic rings. The fourth-order valence-electron chi connectivity index (χ4n) is 1.63. The van der Waals surface area contributed by atoms with E-state index in [2.05, 4.69) is 5.32 Å². The second kappa shape index (κ2) is 4.78. The first-order valence-electron chi connectivity index (χ1n) is 5.24. The van der Waals surface area contributed by atoms with Crippen LogP contribution in [-0.2, 0) is 14.4 Å². The standard InChI is InChI=1S/C12H11NO4/c14-10-6-8(7-11(15)13-10)12(16)17-9-4-2-1-3-5-9/h1-5,8H,6-7H2,(H,13,14,15). The number of nitrogens with one attached hydrogen (secondary N) is 1. The zero-order valence-electron chi connectivity index (χ0n) is 9.01. The number of para-hydroxylation sites is 1. The van der Waals surface area contributed by atoms with Crippen LogP contribution in [-0.4, -0.2) is 17.8 Å². The van der Waals surface area contributed by atoms with E-state index < -0.39 is 23.7 Å². The quantitative estimate of drug-likeness (QED) is 0.462. The molecule has 88 valence electrons. The summed E-state index contributed by atoms with van der Waals surface area (Å²) in [5.74, 6) is -1.68. The van der Waals surface area contributed by atoms with Crippen molar-refractivity contribution in [3.63, 3.8) is 0 Å². The summed E-state index contributed by atoms with van der Waals surface area (Å²) in [5.41, 5.74) is 0. The monoisotopic (exact) mass is 233 g/mol. The Hall–Kier alpha value is -2.17. The minimum Gasteiger partial charge on any atom is -0.426 e. The minimum absolute atomic E-state index is 0.00257. The van der Waals surface area contributed by atoms with Crippen LogP contribution in [0.4, 0.5) is 0 Å². The molecule has 1 aromatic rings. The molecule has 0 aliphatic carbocycles. The number of carbonyl (C=O) groups excluding carboxylic acids is 3. The number of esters is 1. The maximum absolute atomic E-state index is 11.7. The van der Waals surface area contributed by atoms with Gasteiger partial charge in [-0.1, -0.05) is 18.2 Å². The number of piperidine rings is 1. The van der Waals surface area contributed by atoms with E-state index >= 15 is 0 Å². The van der Waals surface area contributed by atoms with E-state index in [-0.39, 0.29) is 12.8 Å². The molecular weight excluding hydrogens is 222 g/mol. The van der Waals surface area contributed by atoms with E-state index in [4.69, 9.17) is 4.74 Å². The van der Waals surface area contributed by atoms with Crippen molar-refractivity contribution in [2.24, 2.45) is 5.92 Å². The molecule has 2 rings (SSSR count). The predicted molar refractivity (Wildman–Crippen MR) is 58.0 cm³/mol. The molecule has 1 aliphatic heterocycles. The van der Waals surface area contributed by atoms with Crippen molar-refractivity contribution in [3.8, 4) is 5.75 Å². The third-order valence-corrected chi connectivity index (χ3v) is 2.44. The molecule has 1 saturated heterocycles. The number of ether oxygens (including phenoxy) is 1. The van der Waals surface area contributed by atoms with Gasteiger partial charge in [-0.3, -0.25) is 19.7 Å². The highest BCUT2D eigenvalue weighted by Gasteiger charge is 2.31.